The standard InChI is InChI=1S/C15H21FN2O.ClH/c1-11(13-7-3-4-8-14(13)16)18(2)15(19)10-12-6-5-9-17-12;/h3-4,7-8,11-12,17H,5-6,9-10H2,1-2H3;1H. The normalized spacial score (nSPS) is 19.2. The number of carbonyl (C=O) groups is 1. The molecule has 1 heterocycles. The van der Waals surface area contributed by atoms with Crippen molar-refractivity contribution in [3.8, 4) is 0 Å². The van der Waals surface area contributed by atoms with Gasteiger partial charge in [-0.15, -0.1) is 12.4 Å². The summed E-state index contributed by atoms with van der Waals surface area (Å²) in [5.74, 6) is -0.191. The predicted molar refractivity (Wildman–Crippen MR) is 80.5 cm³/mol. The van der Waals surface area contributed by atoms with Crippen molar-refractivity contribution in [2.24, 2.45) is 0 Å². The lowest BCUT2D eigenvalue weighted by atomic mass is 10.1. The van der Waals surface area contributed by atoms with E-state index in [4.69, 9.17) is 0 Å². The van der Waals surface area contributed by atoms with Crippen molar-refractivity contribution < 1.29 is 9.18 Å². The highest BCUT2D eigenvalue weighted by Gasteiger charge is 2.24. The highest BCUT2D eigenvalue weighted by Crippen LogP contribution is 2.23. The Kier molecular flexibility index (Phi) is 6.43. The van der Waals surface area contributed by atoms with Gasteiger partial charge in [0.15, 0.2) is 0 Å². The van der Waals surface area contributed by atoms with Crippen molar-refractivity contribution >= 4 is 18.3 Å². The number of nitrogens with zero attached hydrogens (tertiary/aromatic N) is 1. The molecule has 1 saturated heterocycles. The second-order valence-corrected chi connectivity index (χ2v) is 5.20. The van der Waals surface area contributed by atoms with Gasteiger partial charge >= 0.3 is 0 Å². The molecule has 112 valence electrons. The maximum atomic E-state index is 13.7. The maximum Gasteiger partial charge on any atom is 0.224 e. The molecule has 0 radical (unpaired) electrons. The van der Waals surface area contributed by atoms with E-state index in [0.29, 0.717) is 12.0 Å². The Balaban J connectivity index is 0.00000200. The lowest BCUT2D eigenvalue weighted by molar-refractivity contribution is -0.132. The molecule has 1 fully saturated rings. The Morgan fingerprint density at radius 1 is 1.50 bits per heavy atom. The first-order chi connectivity index (χ1) is 9.09. The molecule has 1 amide bonds. The molecule has 1 N–H and O–H groups in total. The number of halogens is 2. The largest absolute Gasteiger partial charge is 0.339 e. The Bertz CT molecular complexity index is 449. The molecule has 0 bridgehead atoms. The zero-order chi connectivity index (χ0) is 13.8. The molecule has 1 aliphatic rings. The molecule has 0 aromatic heterocycles. The van der Waals surface area contributed by atoms with E-state index in [-0.39, 0.29) is 36.2 Å². The molecular formula is C15H22ClFN2O. The third-order valence-electron chi connectivity index (χ3n) is 3.91. The van der Waals surface area contributed by atoms with Crippen molar-refractivity contribution in [3.63, 3.8) is 0 Å². The van der Waals surface area contributed by atoms with Crippen LogP contribution in [-0.2, 0) is 4.79 Å². The fourth-order valence-corrected chi connectivity index (χ4v) is 2.52. The zero-order valence-corrected chi connectivity index (χ0v) is 12.8. The highest BCUT2D eigenvalue weighted by molar-refractivity contribution is 5.85. The van der Waals surface area contributed by atoms with Gasteiger partial charge in [-0.05, 0) is 32.4 Å². The number of amides is 1. The number of hydrogen-bond donors (Lipinski definition) is 1. The van der Waals surface area contributed by atoms with E-state index < -0.39 is 0 Å². The smallest absolute Gasteiger partial charge is 0.224 e. The van der Waals surface area contributed by atoms with Gasteiger partial charge in [0.25, 0.3) is 0 Å². The van der Waals surface area contributed by atoms with E-state index in [1.165, 1.54) is 6.07 Å². The van der Waals surface area contributed by atoms with Gasteiger partial charge < -0.3 is 10.2 Å². The molecule has 20 heavy (non-hydrogen) atoms. The van der Waals surface area contributed by atoms with E-state index in [9.17, 15) is 9.18 Å². The molecule has 3 nitrogen and oxygen atoms in total. The number of hydrogen-bond acceptors (Lipinski definition) is 2. The molecule has 0 aliphatic carbocycles. The minimum atomic E-state index is -0.256. The monoisotopic (exact) mass is 300 g/mol. The van der Waals surface area contributed by atoms with Crippen molar-refractivity contribution in [2.75, 3.05) is 13.6 Å². The lowest BCUT2D eigenvalue weighted by Gasteiger charge is -2.27. The molecule has 1 aliphatic heterocycles. The van der Waals surface area contributed by atoms with Crippen molar-refractivity contribution in [1.29, 1.82) is 0 Å². The first-order valence-corrected chi connectivity index (χ1v) is 6.83. The van der Waals surface area contributed by atoms with Crippen LogP contribution in [0, 0.1) is 5.82 Å². The number of nitrogens with one attached hydrogen (secondary N) is 1. The summed E-state index contributed by atoms with van der Waals surface area (Å²) >= 11 is 0. The molecule has 5 heteroatoms. The van der Waals surface area contributed by atoms with Gasteiger partial charge in [0, 0.05) is 25.1 Å². The molecule has 2 atom stereocenters. The third kappa shape index (κ3) is 3.93. The first-order valence-electron chi connectivity index (χ1n) is 6.83. The Labute approximate surface area is 125 Å². The van der Waals surface area contributed by atoms with Crippen LogP contribution in [0.5, 0.6) is 0 Å². The molecule has 1 aromatic rings. The van der Waals surface area contributed by atoms with E-state index in [1.54, 1.807) is 30.1 Å². The Morgan fingerprint density at radius 2 is 2.20 bits per heavy atom. The number of benzene rings is 1. The van der Waals surface area contributed by atoms with Crippen LogP contribution in [0.3, 0.4) is 0 Å². The van der Waals surface area contributed by atoms with E-state index in [2.05, 4.69) is 5.32 Å². The van der Waals surface area contributed by atoms with Crippen LogP contribution in [0.4, 0.5) is 4.39 Å². The van der Waals surface area contributed by atoms with Crippen LogP contribution in [0.25, 0.3) is 0 Å². The lowest BCUT2D eigenvalue weighted by Crippen LogP contribution is -2.35. The van der Waals surface area contributed by atoms with Crippen LogP contribution in [0.2, 0.25) is 0 Å². The quantitative estimate of drug-likeness (QED) is 0.927. The average molecular weight is 301 g/mol. The minimum Gasteiger partial charge on any atom is -0.339 e. The molecule has 1 aromatic carbocycles. The summed E-state index contributed by atoms with van der Waals surface area (Å²) in [5, 5.41) is 3.31. The third-order valence-corrected chi connectivity index (χ3v) is 3.91. The Morgan fingerprint density at radius 3 is 2.80 bits per heavy atom. The number of rotatable bonds is 4. The van der Waals surface area contributed by atoms with Crippen LogP contribution >= 0.6 is 12.4 Å². The summed E-state index contributed by atoms with van der Waals surface area (Å²) in [6.07, 6.45) is 2.67. The SMILES string of the molecule is CC(c1ccccc1F)N(C)C(=O)CC1CCCN1.Cl. The van der Waals surface area contributed by atoms with Gasteiger partial charge in [0.2, 0.25) is 5.91 Å². The van der Waals surface area contributed by atoms with Gasteiger partial charge in [0.05, 0.1) is 6.04 Å². The summed E-state index contributed by atoms with van der Waals surface area (Å²) in [6.45, 7) is 2.85. The van der Waals surface area contributed by atoms with E-state index >= 15 is 0 Å². The zero-order valence-electron chi connectivity index (χ0n) is 11.9. The van der Waals surface area contributed by atoms with Gasteiger partial charge in [0.1, 0.15) is 5.82 Å². The summed E-state index contributed by atoms with van der Waals surface area (Å²) in [4.78, 5) is 13.8. The average Bonchev–Trinajstić information content (AvgIpc) is 2.90. The fraction of sp³-hybridized carbons (Fsp3) is 0.533. The second-order valence-electron chi connectivity index (χ2n) is 5.20. The Hall–Kier alpha value is -1.13. The van der Waals surface area contributed by atoms with E-state index in [0.717, 1.165) is 19.4 Å². The van der Waals surface area contributed by atoms with Gasteiger partial charge in [-0.2, -0.15) is 0 Å². The molecule has 2 rings (SSSR count). The molecule has 2 unspecified atom stereocenters. The second kappa shape index (κ2) is 7.60. The van der Waals surface area contributed by atoms with Crippen LogP contribution < -0.4 is 5.32 Å². The summed E-state index contributed by atoms with van der Waals surface area (Å²) in [6, 6.07) is 6.67. The molecule has 0 spiro atoms. The van der Waals surface area contributed by atoms with E-state index in [1.807, 2.05) is 6.92 Å². The topological polar surface area (TPSA) is 32.3 Å². The van der Waals surface area contributed by atoms with Crippen LogP contribution in [-0.4, -0.2) is 30.4 Å². The maximum absolute atomic E-state index is 13.7. The summed E-state index contributed by atoms with van der Waals surface area (Å²) in [7, 11) is 1.74. The van der Waals surface area contributed by atoms with Gasteiger partial charge in [-0.25, -0.2) is 4.39 Å². The first kappa shape index (κ1) is 16.9. The van der Waals surface area contributed by atoms with Crippen molar-refractivity contribution in [2.45, 2.75) is 38.3 Å². The minimum absolute atomic E-state index is 0. The van der Waals surface area contributed by atoms with Gasteiger partial charge in [-0.1, -0.05) is 18.2 Å². The van der Waals surface area contributed by atoms with Gasteiger partial charge in [-0.3, -0.25) is 4.79 Å². The van der Waals surface area contributed by atoms with Crippen LogP contribution in [0.15, 0.2) is 24.3 Å². The van der Waals surface area contributed by atoms with Crippen molar-refractivity contribution in [3.05, 3.63) is 35.6 Å². The van der Waals surface area contributed by atoms with Crippen LogP contribution in [0.1, 0.15) is 37.8 Å². The number of carbonyl (C=O) groups excluding carboxylic acids is 1. The summed E-state index contributed by atoms with van der Waals surface area (Å²) < 4.78 is 13.7. The van der Waals surface area contributed by atoms with Crippen molar-refractivity contribution in [1.82, 2.24) is 10.2 Å². The molecular weight excluding hydrogens is 279 g/mol. The predicted octanol–water partition coefficient (Wildman–Crippen LogP) is 2.91. The highest BCUT2D eigenvalue weighted by atomic mass is 35.5. The molecule has 0 saturated carbocycles. The fourth-order valence-electron chi connectivity index (χ4n) is 2.52. The summed E-state index contributed by atoms with van der Waals surface area (Å²) in [5.41, 5.74) is 0.567.